The van der Waals surface area contributed by atoms with E-state index in [2.05, 4.69) is 29.8 Å². The fourth-order valence-corrected chi connectivity index (χ4v) is 1.75. The van der Waals surface area contributed by atoms with Crippen LogP contribution in [0.4, 0.5) is 5.69 Å². The van der Waals surface area contributed by atoms with Gasteiger partial charge in [0.15, 0.2) is 0 Å². The number of anilines is 1. The minimum Gasteiger partial charge on any atom is -0.356 e. The Morgan fingerprint density at radius 1 is 1.14 bits per heavy atom. The Morgan fingerprint density at radius 3 is 2.38 bits per heavy atom. The maximum Gasteiger partial charge on any atom is 0.221 e. The van der Waals surface area contributed by atoms with E-state index in [-0.39, 0.29) is 11.8 Å². The van der Waals surface area contributed by atoms with Crippen molar-refractivity contribution in [2.24, 2.45) is 5.92 Å². The van der Waals surface area contributed by atoms with Crippen LogP contribution in [-0.2, 0) is 16.1 Å². The molecule has 0 saturated carbocycles. The lowest BCUT2D eigenvalue weighted by molar-refractivity contribution is -0.121. The first-order chi connectivity index (χ1) is 9.97. The van der Waals surface area contributed by atoms with E-state index in [1.807, 2.05) is 24.3 Å². The third kappa shape index (κ3) is 8.09. The molecule has 116 valence electrons. The van der Waals surface area contributed by atoms with Crippen LogP contribution in [0.1, 0.15) is 32.8 Å². The minimum atomic E-state index is -0.0757. The molecular weight excluding hydrogens is 266 g/mol. The Kier molecular flexibility index (Phi) is 7.46. The molecule has 0 spiro atoms. The van der Waals surface area contributed by atoms with Crippen LogP contribution < -0.4 is 16.0 Å². The van der Waals surface area contributed by atoms with Crippen LogP contribution >= 0.6 is 0 Å². The second kappa shape index (κ2) is 9.13. The Balaban J connectivity index is 2.20. The maximum atomic E-state index is 11.5. The van der Waals surface area contributed by atoms with Crippen molar-refractivity contribution in [1.82, 2.24) is 10.6 Å². The van der Waals surface area contributed by atoms with Gasteiger partial charge in [-0.2, -0.15) is 0 Å². The van der Waals surface area contributed by atoms with Gasteiger partial charge in [-0.3, -0.25) is 9.59 Å². The van der Waals surface area contributed by atoms with Gasteiger partial charge in [0, 0.05) is 38.7 Å². The summed E-state index contributed by atoms with van der Waals surface area (Å²) in [6, 6.07) is 7.65. The standard InChI is InChI=1S/C16H25N3O2/c1-12(2)10-18-16(21)8-9-17-11-14-4-6-15(7-5-14)19-13(3)20/h4-7,12,17H,8-11H2,1-3H3,(H,18,21)(H,19,20). The fourth-order valence-electron chi connectivity index (χ4n) is 1.75. The molecule has 5 nitrogen and oxygen atoms in total. The molecule has 1 rings (SSSR count). The Labute approximate surface area is 126 Å². The summed E-state index contributed by atoms with van der Waals surface area (Å²) in [5, 5.41) is 8.84. The van der Waals surface area contributed by atoms with Crippen LogP contribution in [0.15, 0.2) is 24.3 Å². The van der Waals surface area contributed by atoms with Gasteiger partial charge in [0.2, 0.25) is 11.8 Å². The lowest BCUT2D eigenvalue weighted by Crippen LogP contribution is -2.30. The van der Waals surface area contributed by atoms with Gasteiger partial charge in [-0.1, -0.05) is 26.0 Å². The molecule has 0 saturated heterocycles. The van der Waals surface area contributed by atoms with Gasteiger partial charge < -0.3 is 16.0 Å². The normalized spacial score (nSPS) is 10.5. The minimum absolute atomic E-state index is 0.0757. The van der Waals surface area contributed by atoms with Crippen molar-refractivity contribution < 1.29 is 9.59 Å². The molecule has 0 heterocycles. The number of benzene rings is 1. The van der Waals surface area contributed by atoms with Crippen molar-refractivity contribution in [3.05, 3.63) is 29.8 Å². The SMILES string of the molecule is CC(=O)Nc1ccc(CNCCC(=O)NCC(C)C)cc1. The van der Waals surface area contributed by atoms with Crippen LogP contribution in [0.2, 0.25) is 0 Å². The summed E-state index contributed by atoms with van der Waals surface area (Å²) >= 11 is 0. The Bertz CT molecular complexity index is 455. The highest BCUT2D eigenvalue weighted by Crippen LogP contribution is 2.09. The second-order valence-corrected chi connectivity index (χ2v) is 5.50. The molecule has 0 unspecified atom stereocenters. The van der Waals surface area contributed by atoms with Crippen LogP contribution in [0.3, 0.4) is 0 Å². The summed E-state index contributed by atoms with van der Waals surface area (Å²) in [6.45, 7) is 7.71. The van der Waals surface area contributed by atoms with Crippen LogP contribution in [0.25, 0.3) is 0 Å². The van der Waals surface area contributed by atoms with Gasteiger partial charge in [-0.15, -0.1) is 0 Å². The Morgan fingerprint density at radius 2 is 1.81 bits per heavy atom. The topological polar surface area (TPSA) is 70.2 Å². The maximum absolute atomic E-state index is 11.5. The van der Waals surface area contributed by atoms with Crippen molar-refractivity contribution >= 4 is 17.5 Å². The average molecular weight is 291 g/mol. The molecule has 5 heteroatoms. The molecule has 0 fully saturated rings. The van der Waals surface area contributed by atoms with Gasteiger partial charge in [0.25, 0.3) is 0 Å². The summed E-state index contributed by atoms with van der Waals surface area (Å²) in [6.07, 6.45) is 0.483. The zero-order valence-corrected chi connectivity index (χ0v) is 13.0. The van der Waals surface area contributed by atoms with E-state index < -0.39 is 0 Å². The molecular formula is C16H25N3O2. The van der Waals surface area contributed by atoms with Gasteiger partial charge in [-0.25, -0.2) is 0 Å². The first kappa shape index (κ1) is 17.2. The largest absolute Gasteiger partial charge is 0.356 e. The molecule has 0 aromatic heterocycles. The zero-order chi connectivity index (χ0) is 15.7. The van der Waals surface area contributed by atoms with E-state index in [1.165, 1.54) is 6.92 Å². The number of carbonyl (C=O) groups is 2. The molecule has 0 aliphatic rings. The lowest BCUT2D eigenvalue weighted by Gasteiger charge is -2.09. The van der Waals surface area contributed by atoms with Gasteiger partial charge in [0.05, 0.1) is 0 Å². The molecule has 3 N–H and O–H groups in total. The summed E-state index contributed by atoms with van der Waals surface area (Å²) < 4.78 is 0. The number of carbonyl (C=O) groups excluding carboxylic acids is 2. The first-order valence-corrected chi connectivity index (χ1v) is 7.31. The fraction of sp³-hybridized carbons (Fsp3) is 0.500. The number of amides is 2. The highest BCUT2D eigenvalue weighted by atomic mass is 16.2. The molecule has 21 heavy (non-hydrogen) atoms. The lowest BCUT2D eigenvalue weighted by atomic mass is 10.2. The van der Waals surface area contributed by atoms with Crippen molar-refractivity contribution in [1.29, 1.82) is 0 Å². The van der Waals surface area contributed by atoms with Crippen molar-refractivity contribution in [3.8, 4) is 0 Å². The predicted octanol–water partition coefficient (Wildman–Crippen LogP) is 1.90. The third-order valence-corrected chi connectivity index (χ3v) is 2.84. The van der Waals surface area contributed by atoms with Crippen LogP contribution in [-0.4, -0.2) is 24.9 Å². The van der Waals surface area contributed by atoms with E-state index in [1.54, 1.807) is 0 Å². The predicted molar refractivity (Wildman–Crippen MR) is 84.9 cm³/mol. The van der Waals surface area contributed by atoms with Gasteiger partial charge in [-0.05, 0) is 23.6 Å². The van der Waals surface area contributed by atoms with E-state index in [4.69, 9.17) is 0 Å². The number of rotatable bonds is 8. The molecule has 1 aromatic carbocycles. The summed E-state index contributed by atoms with van der Waals surface area (Å²) in [5.41, 5.74) is 1.91. The van der Waals surface area contributed by atoms with Crippen molar-refractivity contribution in [3.63, 3.8) is 0 Å². The highest BCUT2D eigenvalue weighted by Gasteiger charge is 2.02. The van der Waals surface area contributed by atoms with Crippen molar-refractivity contribution in [2.45, 2.75) is 33.7 Å². The van der Waals surface area contributed by atoms with Crippen molar-refractivity contribution in [2.75, 3.05) is 18.4 Å². The van der Waals surface area contributed by atoms with E-state index in [0.717, 1.165) is 17.8 Å². The van der Waals surface area contributed by atoms with E-state index in [9.17, 15) is 9.59 Å². The average Bonchev–Trinajstić information content (AvgIpc) is 2.42. The van der Waals surface area contributed by atoms with Crippen LogP contribution in [0.5, 0.6) is 0 Å². The molecule has 0 atom stereocenters. The molecule has 0 radical (unpaired) electrons. The summed E-state index contributed by atoms with van der Waals surface area (Å²) in [5.74, 6) is 0.481. The summed E-state index contributed by atoms with van der Waals surface area (Å²) in [7, 11) is 0. The smallest absolute Gasteiger partial charge is 0.221 e. The first-order valence-electron chi connectivity index (χ1n) is 7.31. The molecule has 0 bridgehead atoms. The second-order valence-electron chi connectivity index (χ2n) is 5.50. The van der Waals surface area contributed by atoms with E-state index >= 15 is 0 Å². The monoisotopic (exact) mass is 291 g/mol. The third-order valence-electron chi connectivity index (χ3n) is 2.84. The van der Waals surface area contributed by atoms with Crippen LogP contribution in [0, 0.1) is 5.92 Å². The molecule has 0 aliphatic heterocycles. The quantitative estimate of drug-likeness (QED) is 0.641. The number of hydrogen-bond donors (Lipinski definition) is 3. The van der Waals surface area contributed by atoms with Gasteiger partial charge in [0.1, 0.15) is 0 Å². The zero-order valence-electron chi connectivity index (χ0n) is 13.0. The highest BCUT2D eigenvalue weighted by molar-refractivity contribution is 5.88. The van der Waals surface area contributed by atoms with Gasteiger partial charge >= 0.3 is 0 Å². The number of nitrogens with one attached hydrogen (secondary N) is 3. The van der Waals surface area contributed by atoms with E-state index in [0.29, 0.717) is 25.4 Å². The summed E-state index contributed by atoms with van der Waals surface area (Å²) in [4.78, 5) is 22.4. The number of hydrogen-bond acceptors (Lipinski definition) is 3. The Hall–Kier alpha value is -1.88. The molecule has 1 aromatic rings. The molecule has 2 amide bonds. The molecule has 0 aliphatic carbocycles.